The van der Waals surface area contributed by atoms with Crippen molar-refractivity contribution >= 4 is 5.97 Å². The number of carboxylic acids is 1. The first-order chi connectivity index (χ1) is 21.3. The maximum absolute atomic E-state index is 11.6. The van der Waals surface area contributed by atoms with Gasteiger partial charge in [-0.15, -0.1) is 0 Å². The smallest absolute Gasteiger partial charge is 0.323 e. The Bertz CT molecular complexity index is 1680. The van der Waals surface area contributed by atoms with Crippen LogP contribution >= 0.6 is 0 Å². The normalized spacial score (nSPS) is 13.4. The van der Waals surface area contributed by atoms with Crippen LogP contribution in [-0.2, 0) is 24.6 Å². The zero-order chi connectivity index (χ0) is 31.1. The molecule has 0 saturated carbocycles. The van der Waals surface area contributed by atoms with E-state index in [0.29, 0.717) is 42.4 Å². The van der Waals surface area contributed by atoms with E-state index in [-0.39, 0.29) is 13.2 Å². The Kier molecular flexibility index (Phi) is 9.65. The summed E-state index contributed by atoms with van der Waals surface area (Å²) in [6, 6.07) is 25.5. The maximum atomic E-state index is 11.6. The summed E-state index contributed by atoms with van der Waals surface area (Å²) in [4.78, 5) is 11.6. The lowest BCUT2D eigenvalue weighted by molar-refractivity contribution is -0.142. The van der Waals surface area contributed by atoms with Crippen molar-refractivity contribution in [3.63, 3.8) is 0 Å². The highest BCUT2D eigenvalue weighted by Gasteiger charge is 2.23. The highest BCUT2D eigenvalue weighted by Crippen LogP contribution is 2.36. The van der Waals surface area contributed by atoms with Crippen molar-refractivity contribution in [2.75, 3.05) is 13.2 Å². The number of ether oxygens (including phenoxy) is 4. The number of hydrogen-bond donors (Lipinski definition) is 3. The van der Waals surface area contributed by atoms with E-state index in [1.54, 1.807) is 30.3 Å². The molecule has 1 heterocycles. The largest absolute Gasteiger partial charge is 0.489 e. The number of nitrogens with one attached hydrogen (secondary N) is 1. The fourth-order valence-electron chi connectivity index (χ4n) is 5.01. The zero-order valence-electron chi connectivity index (χ0n) is 24.6. The van der Waals surface area contributed by atoms with E-state index in [1.165, 1.54) is 6.92 Å². The predicted molar refractivity (Wildman–Crippen MR) is 164 cm³/mol. The third-order valence-corrected chi connectivity index (χ3v) is 7.44. The summed E-state index contributed by atoms with van der Waals surface area (Å²) >= 11 is 0. The van der Waals surface area contributed by atoms with Crippen LogP contribution < -0.4 is 24.3 Å². The Morgan fingerprint density at radius 2 is 1.75 bits per heavy atom. The first-order valence-corrected chi connectivity index (χ1v) is 14.3. The summed E-state index contributed by atoms with van der Waals surface area (Å²) in [5.41, 5.74) is 6.22. The van der Waals surface area contributed by atoms with Gasteiger partial charge in [0.15, 0.2) is 11.5 Å². The first-order valence-electron chi connectivity index (χ1n) is 14.3. The summed E-state index contributed by atoms with van der Waals surface area (Å²) < 4.78 is 23.8. The Balaban J connectivity index is 1.35. The number of aliphatic carboxylic acids is 1. The van der Waals surface area contributed by atoms with Crippen molar-refractivity contribution in [3.05, 3.63) is 107 Å². The number of hydrogen-bond acceptors (Lipinski definition) is 8. The van der Waals surface area contributed by atoms with Gasteiger partial charge in [-0.05, 0) is 72.0 Å². The molecule has 9 nitrogen and oxygen atoms in total. The summed E-state index contributed by atoms with van der Waals surface area (Å²) in [7, 11) is 0. The molecule has 0 fully saturated rings. The maximum Gasteiger partial charge on any atom is 0.323 e. The molecule has 1 aliphatic heterocycles. The second kappa shape index (κ2) is 14.0. The van der Waals surface area contributed by atoms with Gasteiger partial charge in [-0.2, -0.15) is 5.26 Å². The molecule has 226 valence electrons. The average molecular weight is 595 g/mol. The van der Waals surface area contributed by atoms with Crippen molar-refractivity contribution in [2.45, 2.75) is 45.8 Å². The van der Waals surface area contributed by atoms with Crippen LogP contribution in [-0.4, -0.2) is 41.5 Å². The van der Waals surface area contributed by atoms with Gasteiger partial charge in [0, 0.05) is 18.2 Å². The molecule has 3 N–H and O–H groups in total. The molecule has 1 aliphatic rings. The molecule has 0 unspecified atom stereocenters. The molecule has 4 aromatic carbocycles. The van der Waals surface area contributed by atoms with Gasteiger partial charge in [0.05, 0.1) is 17.7 Å². The summed E-state index contributed by atoms with van der Waals surface area (Å²) in [5.74, 6) is 1.40. The van der Waals surface area contributed by atoms with Crippen LogP contribution in [0.15, 0.2) is 78.9 Å². The van der Waals surface area contributed by atoms with Crippen molar-refractivity contribution in [1.29, 1.82) is 5.26 Å². The molecule has 0 bridgehead atoms. The molecule has 4 aromatic rings. The van der Waals surface area contributed by atoms with Crippen molar-refractivity contribution in [1.82, 2.24) is 5.32 Å². The van der Waals surface area contributed by atoms with E-state index in [9.17, 15) is 20.3 Å². The lowest BCUT2D eigenvalue weighted by atomic mass is 9.96. The van der Waals surface area contributed by atoms with Crippen LogP contribution in [0.4, 0.5) is 0 Å². The molecular formula is C35H34N2O7. The minimum atomic E-state index is -1.15. The van der Waals surface area contributed by atoms with Gasteiger partial charge in [-0.1, -0.05) is 42.5 Å². The highest BCUT2D eigenvalue weighted by molar-refractivity contribution is 5.74. The Morgan fingerprint density at radius 3 is 2.52 bits per heavy atom. The molecule has 44 heavy (non-hydrogen) atoms. The lowest BCUT2D eigenvalue weighted by Crippen LogP contribution is -2.44. The quantitative estimate of drug-likeness (QED) is 0.198. The number of carbonyl (C=O) groups is 1. The third-order valence-electron chi connectivity index (χ3n) is 7.44. The van der Waals surface area contributed by atoms with Gasteiger partial charge in [0.1, 0.15) is 44.0 Å². The Morgan fingerprint density at radius 1 is 0.955 bits per heavy atom. The SMILES string of the molecule is Cc1c(COc2ccc(CN[C@@H](C(=O)O)[C@H](C)O)c(OCc3cccc(C#N)c3)c2)cccc1-c1ccc2c(c1)OCCO2. The lowest BCUT2D eigenvalue weighted by Gasteiger charge is -2.20. The topological polar surface area (TPSA) is 130 Å². The molecular weight excluding hydrogens is 560 g/mol. The van der Waals surface area contributed by atoms with Crippen molar-refractivity contribution < 1.29 is 34.0 Å². The van der Waals surface area contributed by atoms with E-state index < -0.39 is 18.1 Å². The number of nitriles is 1. The summed E-state index contributed by atoms with van der Waals surface area (Å²) in [6.07, 6.45) is -1.09. The van der Waals surface area contributed by atoms with Gasteiger partial charge in [-0.25, -0.2) is 0 Å². The van der Waals surface area contributed by atoms with E-state index in [2.05, 4.69) is 24.4 Å². The number of rotatable bonds is 12. The molecule has 0 aliphatic carbocycles. The predicted octanol–water partition coefficient (Wildman–Crippen LogP) is 5.39. The van der Waals surface area contributed by atoms with Crippen LogP contribution in [0.3, 0.4) is 0 Å². The molecule has 0 saturated heterocycles. The van der Waals surface area contributed by atoms with Gasteiger partial charge in [0.25, 0.3) is 0 Å². The number of aliphatic hydroxyl groups excluding tert-OH is 1. The van der Waals surface area contributed by atoms with Crippen LogP contribution in [0.2, 0.25) is 0 Å². The molecule has 0 amide bonds. The second-order valence-electron chi connectivity index (χ2n) is 10.5. The first kappa shape index (κ1) is 30.4. The van der Waals surface area contributed by atoms with E-state index in [4.69, 9.17) is 18.9 Å². The second-order valence-corrected chi connectivity index (χ2v) is 10.5. The van der Waals surface area contributed by atoms with Gasteiger partial charge in [-0.3, -0.25) is 10.1 Å². The Hall–Kier alpha value is -5.04. The fraction of sp³-hybridized carbons (Fsp3) is 0.257. The van der Waals surface area contributed by atoms with Gasteiger partial charge < -0.3 is 29.2 Å². The summed E-state index contributed by atoms with van der Waals surface area (Å²) in [6.45, 7) is 5.21. The standard InChI is InChI=1S/C35H34N2O7/c1-22-28(7-4-8-30(22)26-10-12-31-33(16-26)42-14-13-41-31)21-43-29-11-9-27(19-37-34(23(2)38)35(39)40)32(17-29)44-20-25-6-3-5-24(15-25)18-36/h3-12,15-17,23,34,37-38H,13-14,19-21H2,1-2H3,(H,39,40)/t23-,34+/m0/s1. The fourth-order valence-corrected chi connectivity index (χ4v) is 5.01. The Labute approximate surface area is 256 Å². The van der Waals surface area contributed by atoms with Crippen LogP contribution in [0.5, 0.6) is 23.0 Å². The van der Waals surface area contributed by atoms with Crippen molar-refractivity contribution in [2.24, 2.45) is 0 Å². The minimum Gasteiger partial charge on any atom is -0.489 e. The molecule has 0 aromatic heterocycles. The highest BCUT2D eigenvalue weighted by atomic mass is 16.6. The van der Waals surface area contributed by atoms with Crippen molar-refractivity contribution in [3.8, 4) is 40.2 Å². The molecule has 9 heteroatoms. The van der Waals surface area contributed by atoms with E-state index >= 15 is 0 Å². The van der Waals surface area contributed by atoms with Crippen LogP contribution in [0, 0.1) is 18.3 Å². The third kappa shape index (κ3) is 7.29. The average Bonchev–Trinajstić information content (AvgIpc) is 3.03. The molecule has 5 rings (SSSR count). The zero-order valence-corrected chi connectivity index (χ0v) is 24.6. The monoisotopic (exact) mass is 594 g/mol. The number of carboxylic acid groups (broad SMARTS) is 1. The molecule has 0 radical (unpaired) electrons. The number of fused-ring (bicyclic) bond motifs is 1. The summed E-state index contributed by atoms with van der Waals surface area (Å²) in [5, 5.41) is 31.5. The van der Waals surface area contributed by atoms with Crippen LogP contribution in [0.1, 0.15) is 34.7 Å². The number of aliphatic hydroxyl groups is 1. The molecule has 2 atom stereocenters. The van der Waals surface area contributed by atoms with Gasteiger partial charge in [0.2, 0.25) is 0 Å². The number of nitrogens with zero attached hydrogens (tertiary/aromatic N) is 1. The minimum absolute atomic E-state index is 0.145. The van der Waals surface area contributed by atoms with Gasteiger partial charge >= 0.3 is 5.97 Å². The van der Waals surface area contributed by atoms with E-state index in [1.807, 2.05) is 42.5 Å². The molecule has 0 spiro atoms. The van der Waals surface area contributed by atoms with E-state index in [0.717, 1.165) is 39.3 Å². The number of benzene rings is 4. The van der Waals surface area contributed by atoms with Crippen LogP contribution in [0.25, 0.3) is 11.1 Å².